The lowest BCUT2D eigenvalue weighted by Crippen LogP contribution is -1.97. The summed E-state index contributed by atoms with van der Waals surface area (Å²) in [7, 11) is 1.72. The Bertz CT molecular complexity index is 981. The maximum Gasteiger partial charge on any atom is 0.126 e. The minimum absolute atomic E-state index is 0.754. The number of ether oxygens (including phenoxy) is 1. The van der Waals surface area contributed by atoms with Crippen molar-refractivity contribution in [2.45, 2.75) is 6.42 Å². The first-order valence-electron chi connectivity index (χ1n) is 8.34. The lowest BCUT2D eigenvalue weighted by atomic mass is 9.86. The number of allylic oxidation sites excluding steroid dienone is 4. The molecule has 0 aromatic heterocycles. The largest absolute Gasteiger partial charge is 0.496 e. The van der Waals surface area contributed by atoms with E-state index < -0.39 is 0 Å². The zero-order valence-electron chi connectivity index (χ0n) is 14.0. The van der Waals surface area contributed by atoms with E-state index in [1.54, 1.807) is 7.11 Å². The first-order valence-corrected chi connectivity index (χ1v) is 8.72. The van der Waals surface area contributed by atoms with Gasteiger partial charge in [0.2, 0.25) is 0 Å². The molecule has 0 amide bonds. The van der Waals surface area contributed by atoms with Gasteiger partial charge in [0.05, 0.1) is 7.11 Å². The smallest absolute Gasteiger partial charge is 0.126 e. The minimum Gasteiger partial charge on any atom is -0.496 e. The van der Waals surface area contributed by atoms with Gasteiger partial charge < -0.3 is 4.74 Å². The Labute approximate surface area is 153 Å². The van der Waals surface area contributed by atoms with Gasteiger partial charge in [0.15, 0.2) is 0 Å². The zero-order valence-corrected chi connectivity index (χ0v) is 14.8. The van der Waals surface area contributed by atoms with Crippen LogP contribution in [0.25, 0.3) is 21.9 Å². The molecule has 1 aliphatic rings. The molecule has 0 saturated carbocycles. The second kappa shape index (κ2) is 6.78. The van der Waals surface area contributed by atoms with Crippen LogP contribution in [-0.4, -0.2) is 7.11 Å². The molecule has 0 heterocycles. The fraction of sp³-hybridized carbons (Fsp3) is 0.0870. The number of methoxy groups -OCH3 is 1. The average Bonchev–Trinajstić information content (AvgIpc) is 2.68. The Balaban J connectivity index is 1.96. The Kier molecular flexibility index (Phi) is 4.33. The lowest BCUT2D eigenvalue weighted by Gasteiger charge is -2.19. The quantitative estimate of drug-likeness (QED) is 0.521. The summed E-state index contributed by atoms with van der Waals surface area (Å²) in [5, 5.41) is 3.09. The second-order valence-electron chi connectivity index (χ2n) is 6.04. The third-order valence-corrected chi connectivity index (χ3v) is 4.83. The number of rotatable bonds is 3. The van der Waals surface area contributed by atoms with E-state index in [0.29, 0.717) is 0 Å². The summed E-state index contributed by atoms with van der Waals surface area (Å²) in [6.07, 6.45) is 7.63. The fourth-order valence-corrected chi connectivity index (χ4v) is 3.52. The molecular formula is C23H18ClO. The van der Waals surface area contributed by atoms with Gasteiger partial charge in [-0.05, 0) is 58.7 Å². The summed E-state index contributed by atoms with van der Waals surface area (Å²) >= 11 is 6.06. The summed E-state index contributed by atoms with van der Waals surface area (Å²) in [5.41, 5.74) is 4.87. The molecule has 0 bridgehead atoms. The molecule has 0 unspecified atom stereocenters. The van der Waals surface area contributed by atoms with Gasteiger partial charge in [0, 0.05) is 10.4 Å². The van der Waals surface area contributed by atoms with Crippen LogP contribution >= 0.6 is 11.6 Å². The van der Waals surface area contributed by atoms with Crippen LogP contribution in [0, 0.1) is 6.42 Å². The molecule has 1 nitrogen and oxygen atoms in total. The van der Waals surface area contributed by atoms with Gasteiger partial charge in [-0.15, -0.1) is 0 Å². The van der Waals surface area contributed by atoms with Crippen LogP contribution in [0.4, 0.5) is 0 Å². The second-order valence-corrected chi connectivity index (χ2v) is 6.47. The van der Waals surface area contributed by atoms with Crippen LogP contribution in [0.2, 0.25) is 5.02 Å². The van der Waals surface area contributed by atoms with E-state index in [9.17, 15) is 0 Å². The average molecular weight is 346 g/mol. The third-order valence-electron chi connectivity index (χ3n) is 4.58. The normalized spacial score (nSPS) is 14.2. The first-order chi connectivity index (χ1) is 12.3. The van der Waals surface area contributed by atoms with Crippen molar-refractivity contribution in [2.75, 3.05) is 7.11 Å². The molecule has 0 N–H and O–H groups in total. The Morgan fingerprint density at radius 2 is 1.60 bits per heavy atom. The molecule has 4 rings (SSSR count). The van der Waals surface area contributed by atoms with Crippen molar-refractivity contribution in [3.8, 4) is 5.75 Å². The van der Waals surface area contributed by atoms with Crippen LogP contribution in [0.3, 0.4) is 0 Å². The van der Waals surface area contributed by atoms with Gasteiger partial charge in [-0.1, -0.05) is 66.2 Å². The van der Waals surface area contributed by atoms with E-state index in [1.807, 2.05) is 18.2 Å². The monoisotopic (exact) mass is 345 g/mol. The highest BCUT2D eigenvalue weighted by molar-refractivity contribution is 6.30. The SMILES string of the molecule is COc1ccc(C2=C(c3ccc(Cl)cc3)C=CC[CH]2)c2ccccc12. The number of hydrogen-bond acceptors (Lipinski definition) is 1. The summed E-state index contributed by atoms with van der Waals surface area (Å²) in [6, 6.07) is 20.6. The minimum atomic E-state index is 0.754. The van der Waals surface area contributed by atoms with Gasteiger partial charge in [-0.2, -0.15) is 0 Å². The van der Waals surface area contributed by atoms with Gasteiger partial charge in [0.25, 0.3) is 0 Å². The summed E-state index contributed by atoms with van der Waals surface area (Å²) in [6.45, 7) is 0. The predicted molar refractivity (Wildman–Crippen MR) is 107 cm³/mol. The van der Waals surface area contributed by atoms with Crippen LogP contribution in [0.1, 0.15) is 17.5 Å². The Morgan fingerprint density at radius 1 is 0.840 bits per heavy atom. The molecule has 0 saturated heterocycles. The van der Waals surface area contributed by atoms with Crippen LogP contribution in [0.15, 0.2) is 72.8 Å². The molecule has 0 atom stereocenters. The van der Waals surface area contributed by atoms with Gasteiger partial charge in [-0.3, -0.25) is 0 Å². The van der Waals surface area contributed by atoms with Crippen molar-refractivity contribution in [3.05, 3.63) is 95.4 Å². The molecule has 1 aliphatic carbocycles. The number of halogens is 1. The Morgan fingerprint density at radius 3 is 2.36 bits per heavy atom. The van der Waals surface area contributed by atoms with Crippen LogP contribution < -0.4 is 4.74 Å². The number of hydrogen-bond donors (Lipinski definition) is 0. The highest BCUT2D eigenvalue weighted by Crippen LogP contribution is 2.39. The van der Waals surface area contributed by atoms with E-state index in [-0.39, 0.29) is 0 Å². The standard InChI is InChI=1S/C23H18ClO/c1-25-23-15-14-21(20-8-4-5-9-22(20)23)19-7-3-2-6-18(19)16-10-12-17(24)13-11-16/h2,4-15H,3H2,1H3. The first kappa shape index (κ1) is 16.0. The molecule has 3 aromatic rings. The van der Waals surface area contributed by atoms with Gasteiger partial charge >= 0.3 is 0 Å². The van der Waals surface area contributed by atoms with Crippen LogP contribution in [-0.2, 0) is 0 Å². The van der Waals surface area contributed by atoms with Gasteiger partial charge in [-0.25, -0.2) is 0 Å². The van der Waals surface area contributed by atoms with E-state index in [2.05, 4.69) is 61.0 Å². The van der Waals surface area contributed by atoms with E-state index in [4.69, 9.17) is 16.3 Å². The molecule has 0 aliphatic heterocycles. The summed E-state index contributed by atoms with van der Waals surface area (Å²) in [5.74, 6) is 0.902. The van der Waals surface area contributed by atoms with E-state index in [0.717, 1.165) is 22.6 Å². The van der Waals surface area contributed by atoms with Gasteiger partial charge in [0.1, 0.15) is 5.75 Å². The van der Waals surface area contributed by atoms with Crippen molar-refractivity contribution in [2.24, 2.45) is 0 Å². The molecule has 0 fully saturated rings. The summed E-state index contributed by atoms with van der Waals surface area (Å²) in [4.78, 5) is 0. The molecule has 1 radical (unpaired) electrons. The van der Waals surface area contributed by atoms with Crippen LogP contribution in [0.5, 0.6) is 5.75 Å². The highest BCUT2D eigenvalue weighted by atomic mass is 35.5. The fourth-order valence-electron chi connectivity index (χ4n) is 3.39. The summed E-state index contributed by atoms with van der Waals surface area (Å²) < 4.78 is 5.54. The van der Waals surface area contributed by atoms with Crippen molar-refractivity contribution < 1.29 is 4.74 Å². The lowest BCUT2D eigenvalue weighted by molar-refractivity contribution is 0.420. The maximum absolute atomic E-state index is 6.06. The molecule has 123 valence electrons. The van der Waals surface area contributed by atoms with Crippen molar-refractivity contribution in [1.29, 1.82) is 0 Å². The molecule has 3 aromatic carbocycles. The maximum atomic E-state index is 6.06. The zero-order chi connectivity index (χ0) is 17.2. The van der Waals surface area contributed by atoms with Crippen molar-refractivity contribution in [3.63, 3.8) is 0 Å². The Hall–Kier alpha value is -2.51. The van der Waals surface area contributed by atoms with E-state index in [1.165, 1.54) is 27.7 Å². The van der Waals surface area contributed by atoms with Crippen molar-refractivity contribution in [1.82, 2.24) is 0 Å². The molecule has 2 heteroatoms. The highest BCUT2D eigenvalue weighted by Gasteiger charge is 2.16. The van der Waals surface area contributed by atoms with Crippen molar-refractivity contribution >= 4 is 33.5 Å². The molecule has 25 heavy (non-hydrogen) atoms. The molecule has 0 spiro atoms. The predicted octanol–water partition coefficient (Wildman–Crippen LogP) is 6.58. The third kappa shape index (κ3) is 2.96. The van der Waals surface area contributed by atoms with E-state index >= 15 is 0 Å². The number of fused-ring (bicyclic) bond motifs is 1. The topological polar surface area (TPSA) is 9.23 Å². The molecular weight excluding hydrogens is 328 g/mol. The number of benzene rings is 3.